The molecule has 14 heavy (non-hydrogen) atoms. The molecule has 0 radical (unpaired) electrons. The molecule has 5 heteroatoms. The number of rotatable bonds is 2. The molecule has 1 aromatic heterocycles. The number of nitrogens with one attached hydrogen (secondary N) is 1. The summed E-state index contributed by atoms with van der Waals surface area (Å²) >= 11 is 0. The number of aromatic nitrogens is 2. The molecule has 2 aromatic rings. The van der Waals surface area contributed by atoms with Crippen molar-refractivity contribution in [1.82, 2.24) is 9.55 Å². The number of fused-ring (bicyclic) bond motifs is 1. The molecule has 4 nitrogen and oxygen atoms in total. The standard InChI is InChI=1S/C9H10FN3O/c10-6-1-2-7-8(5-6)13(4-3-11)9(14)12-7/h1-2,5H,3-4,11H2,(H,12,14). The van der Waals surface area contributed by atoms with Gasteiger partial charge < -0.3 is 10.7 Å². The molecule has 0 saturated carbocycles. The minimum atomic E-state index is -0.359. The highest BCUT2D eigenvalue weighted by atomic mass is 19.1. The van der Waals surface area contributed by atoms with Gasteiger partial charge in [-0.2, -0.15) is 0 Å². The van der Waals surface area contributed by atoms with E-state index in [-0.39, 0.29) is 11.5 Å². The normalized spacial score (nSPS) is 11.0. The zero-order valence-corrected chi connectivity index (χ0v) is 7.46. The Kier molecular flexibility index (Phi) is 2.09. The van der Waals surface area contributed by atoms with Gasteiger partial charge in [0.05, 0.1) is 11.0 Å². The lowest BCUT2D eigenvalue weighted by Crippen LogP contribution is -2.21. The lowest BCUT2D eigenvalue weighted by molar-refractivity contribution is 0.627. The summed E-state index contributed by atoms with van der Waals surface area (Å²) in [5.41, 5.74) is 6.28. The lowest BCUT2D eigenvalue weighted by atomic mass is 10.3. The van der Waals surface area contributed by atoms with E-state index < -0.39 is 0 Å². The summed E-state index contributed by atoms with van der Waals surface area (Å²) in [6.07, 6.45) is 0. The van der Waals surface area contributed by atoms with Crippen LogP contribution in [-0.4, -0.2) is 16.1 Å². The molecule has 3 N–H and O–H groups in total. The largest absolute Gasteiger partial charge is 0.329 e. The molecule has 0 saturated heterocycles. The monoisotopic (exact) mass is 195 g/mol. The molecule has 0 atom stereocenters. The first kappa shape index (κ1) is 8.96. The molecule has 0 spiro atoms. The van der Waals surface area contributed by atoms with E-state index in [0.717, 1.165) is 0 Å². The van der Waals surface area contributed by atoms with Crippen molar-refractivity contribution in [2.24, 2.45) is 5.73 Å². The Morgan fingerprint density at radius 2 is 2.29 bits per heavy atom. The molecule has 0 aliphatic carbocycles. The SMILES string of the molecule is NCCn1c(=O)[nH]c2ccc(F)cc21. The molecule has 0 amide bonds. The first-order valence-corrected chi connectivity index (χ1v) is 4.30. The minimum Gasteiger partial charge on any atom is -0.329 e. The highest BCUT2D eigenvalue weighted by Gasteiger charge is 2.05. The zero-order valence-electron chi connectivity index (χ0n) is 7.46. The molecule has 0 unspecified atom stereocenters. The maximum absolute atomic E-state index is 12.9. The Hall–Kier alpha value is -1.62. The van der Waals surface area contributed by atoms with Gasteiger partial charge >= 0.3 is 5.69 Å². The van der Waals surface area contributed by atoms with Gasteiger partial charge in [-0.1, -0.05) is 0 Å². The number of benzene rings is 1. The molecule has 1 heterocycles. The van der Waals surface area contributed by atoms with Crippen molar-refractivity contribution < 1.29 is 4.39 Å². The van der Waals surface area contributed by atoms with E-state index >= 15 is 0 Å². The minimum absolute atomic E-state index is 0.254. The Balaban J connectivity index is 2.73. The number of aromatic amines is 1. The van der Waals surface area contributed by atoms with Crippen LogP contribution in [0.15, 0.2) is 23.0 Å². The summed E-state index contributed by atoms with van der Waals surface area (Å²) in [5.74, 6) is -0.359. The summed E-state index contributed by atoms with van der Waals surface area (Å²) in [6.45, 7) is 0.742. The first-order valence-electron chi connectivity index (χ1n) is 4.30. The van der Waals surface area contributed by atoms with Gasteiger partial charge in [0.15, 0.2) is 0 Å². The van der Waals surface area contributed by atoms with E-state index in [1.165, 1.54) is 16.7 Å². The van der Waals surface area contributed by atoms with Crippen molar-refractivity contribution in [1.29, 1.82) is 0 Å². The van der Waals surface area contributed by atoms with E-state index in [0.29, 0.717) is 24.1 Å². The third-order valence-corrected chi connectivity index (χ3v) is 2.09. The van der Waals surface area contributed by atoms with Gasteiger partial charge in [0.25, 0.3) is 0 Å². The van der Waals surface area contributed by atoms with Crippen molar-refractivity contribution in [2.45, 2.75) is 6.54 Å². The molecule has 1 aromatic carbocycles. The number of imidazole rings is 1. The quantitative estimate of drug-likeness (QED) is 0.729. The van der Waals surface area contributed by atoms with Crippen LogP contribution in [0.2, 0.25) is 0 Å². The lowest BCUT2D eigenvalue weighted by Gasteiger charge is -1.99. The zero-order chi connectivity index (χ0) is 10.1. The van der Waals surface area contributed by atoms with Crippen molar-refractivity contribution in [3.05, 3.63) is 34.5 Å². The van der Waals surface area contributed by atoms with Crippen LogP contribution < -0.4 is 11.4 Å². The molecule has 0 aliphatic heterocycles. The van der Waals surface area contributed by atoms with Crippen LogP contribution in [0, 0.1) is 5.82 Å². The van der Waals surface area contributed by atoms with Crippen molar-refractivity contribution >= 4 is 11.0 Å². The van der Waals surface area contributed by atoms with Gasteiger partial charge in [0.1, 0.15) is 5.82 Å². The number of nitrogens with zero attached hydrogens (tertiary/aromatic N) is 1. The summed E-state index contributed by atoms with van der Waals surface area (Å²) < 4.78 is 14.3. The van der Waals surface area contributed by atoms with Gasteiger partial charge in [0.2, 0.25) is 0 Å². The summed E-state index contributed by atoms with van der Waals surface area (Å²) in [6, 6.07) is 4.17. The fraction of sp³-hybridized carbons (Fsp3) is 0.222. The first-order chi connectivity index (χ1) is 6.72. The highest BCUT2D eigenvalue weighted by Crippen LogP contribution is 2.11. The number of H-pyrrole nitrogens is 1. The average Bonchev–Trinajstić information content (AvgIpc) is 2.45. The Bertz CT molecular complexity index is 514. The topological polar surface area (TPSA) is 63.8 Å². The van der Waals surface area contributed by atoms with Gasteiger partial charge in [-0.25, -0.2) is 9.18 Å². The van der Waals surface area contributed by atoms with Crippen LogP contribution in [0.3, 0.4) is 0 Å². The van der Waals surface area contributed by atoms with E-state index in [9.17, 15) is 9.18 Å². The number of nitrogens with two attached hydrogens (primary N) is 1. The Morgan fingerprint density at radius 3 is 3.00 bits per heavy atom. The van der Waals surface area contributed by atoms with Crippen LogP contribution in [-0.2, 0) is 6.54 Å². The number of hydrogen-bond acceptors (Lipinski definition) is 2. The molecular formula is C9H10FN3O. The van der Waals surface area contributed by atoms with Gasteiger partial charge in [0, 0.05) is 13.1 Å². The van der Waals surface area contributed by atoms with Crippen molar-refractivity contribution in [3.8, 4) is 0 Å². The fourth-order valence-electron chi connectivity index (χ4n) is 1.48. The molecule has 0 fully saturated rings. The highest BCUT2D eigenvalue weighted by molar-refractivity contribution is 5.75. The number of hydrogen-bond donors (Lipinski definition) is 2. The molecule has 0 bridgehead atoms. The Morgan fingerprint density at radius 1 is 1.50 bits per heavy atom. The molecular weight excluding hydrogens is 185 g/mol. The maximum atomic E-state index is 12.9. The fourth-order valence-corrected chi connectivity index (χ4v) is 1.48. The van der Waals surface area contributed by atoms with Gasteiger partial charge in [-0.15, -0.1) is 0 Å². The van der Waals surface area contributed by atoms with Crippen molar-refractivity contribution in [3.63, 3.8) is 0 Å². The smallest absolute Gasteiger partial charge is 0.326 e. The van der Waals surface area contributed by atoms with Gasteiger partial charge in [-0.3, -0.25) is 4.57 Å². The second kappa shape index (κ2) is 3.26. The third-order valence-electron chi connectivity index (χ3n) is 2.09. The number of halogens is 1. The van der Waals surface area contributed by atoms with E-state index in [1.54, 1.807) is 6.07 Å². The van der Waals surface area contributed by atoms with Crippen LogP contribution in [0.1, 0.15) is 0 Å². The van der Waals surface area contributed by atoms with Crippen LogP contribution in [0.4, 0.5) is 4.39 Å². The summed E-state index contributed by atoms with van der Waals surface area (Å²) in [7, 11) is 0. The maximum Gasteiger partial charge on any atom is 0.326 e. The third kappa shape index (κ3) is 1.31. The average molecular weight is 195 g/mol. The van der Waals surface area contributed by atoms with E-state index in [1.807, 2.05) is 0 Å². The summed E-state index contributed by atoms with van der Waals surface area (Å²) in [5, 5.41) is 0. The molecule has 74 valence electrons. The summed E-state index contributed by atoms with van der Waals surface area (Å²) in [4.78, 5) is 14.0. The second-order valence-corrected chi connectivity index (χ2v) is 3.03. The molecule has 0 aliphatic rings. The van der Waals surface area contributed by atoms with Gasteiger partial charge in [-0.05, 0) is 18.2 Å². The predicted octanol–water partition coefficient (Wildman–Crippen LogP) is 0.427. The predicted molar refractivity (Wildman–Crippen MR) is 51.6 cm³/mol. The van der Waals surface area contributed by atoms with Crippen LogP contribution in [0.25, 0.3) is 11.0 Å². The van der Waals surface area contributed by atoms with E-state index in [2.05, 4.69) is 4.98 Å². The van der Waals surface area contributed by atoms with Crippen LogP contribution in [0.5, 0.6) is 0 Å². The Labute approximate surface area is 79.1 Å². The second-order valence-electron chi connectivity index (χ2n) is 3.03. The van der Waals surface area contributed by atoms with Crippen LogP contribution >= 0.6 is 0 Å². The molecule has 2 rings (SSSR count). The van der Waals surface area contributed by atoms with E-state index in [4.69, 9.17) is 5.73 Å². The van der Waals surface area contributed by atoms with Crippen molar-refractivity contribution in [2.75, 3.05) is 6.54 Å².